The van der Waals surface area contributed by atoms with Crippen molar-refractivity contribution in [1.29, 1.82) is 0 Å². The van der Waals surface area contributed by atoms with Crippen molar-refractivity contribution < 1.29 is 14.6 Å². The molecule has 0 saturated heterocycles. The van der Waals surface area contributed by atoms with Crippen molar-refractivity contribution in [2.45, 2.75) is 95.4 Å². The molecule has 3 saturated carbocycles. The summed E-state index contributed by atoms with van der Waals surface area (Å²) in [5.74, 6) is 2.86. The van der Waals surface area contributed by atoms with Gasteiger partial charge in [0.15, 0.2) is 0 Å². The number of halogens is 1. The van der Waals surface area contributed by atoms with Crippen LogP contribution in [0.2, 0.25) is 0 Å². The van der Waals surface area contributed by atoms with E-state index in [2.05, 4.69) is 0 Å². The van der Waals surface area contributed by atoms with Crippen LogP contribution in [0.1, 0.15) is 77.0 Å². The van der Waals surface area contributed by atoms with Gasteiger partial charge in [0.1, 0.15) is 6.17 Å². The Balaban J connectivity index is 1.67. The van der Waals surface area contributed by atoms with Gasteiger partial charge in [-0.3, -0.25) is 0 Å². The van der Waals surface area contributed by atoms with E-state index in [1.165, 1.54) is 0 Å². The number of rotatable bonds is 3. The van der Waals surface area contributed by atoms with Gasteiger partial charge >= 0.3 is 0 Å². The van der Waals surface area contributed by atoms with Crippen LogP contribution in [0.5, 0.6) is 0 Å². The largest absolute Gasteiger partial charge is 0.393 e. The molecular weight excluding hydrogens is 279 g/mol. The van der Waals surface area contributed by atoms with Gasteiger partial charge in [0.05, 0.1) is 12.2 Å². The summed E-state index contributed by atoms with van der Waals surface area (Å²) in [6, 6.07) is 0. The van der Waals surface area contributed by atoms with Crippen molar-refractivity contribution in [3.05, 3.63) is 0 Å². The fourth-order valence-electron chi connectivity index (χ4n) is 5.59. The van der Waals surface area contributed by atoms with E-state index in [1.807, 2.05) is 0 Å². The second-order valence-electron chi connectivity index (χ2n) is 8.23. The molecule has 0 bridgehead atoms. The smallest absolute Gasteiger partial charge is 0.100 e. The van der Waals surface area contributed by atoms with Crippen molar-refractivity contribution in [3.8, 4) is 0 Å². The first-order chi connectivity index (χ1) is 10.6. The van der Waals surface area contributed by atoms with Gasteiger partial charge in [-0.15, -0.1) is 0 Å². The van der Waals surface area contributed by atoms with Crippen molar-refractivity contribution in [2.75, 3.05) is 0 Å². The Morgan fingerprint density at radius 2 is 0.864 bits per heavy atom. The molecule has 3 aliphatic carbocycles. The van der Waals surface area contributed by atoms with E-state index in [-0.39, 0.29) is 12.2 Å². The molecule has 0 aromatic heterocycles. The van der Waals surface area contributed by atoms with Crippen molar-refractivity contribution in [3.63, 3.8) is 0 Å². The highest BCUT2D eigenvalue weighted by Gasteiger charge is 2.39. The maximum atomic E-state index is 13.5. The number of hydrogen-bond donors (Lipinski definition) is 2. The fourth-order valence-corrected chi connectivity index (χ4v) is 5.59. The molecule has 3 heteroatoms. The van der Waals surface area contributed by atoms with Crippen LogP contribution >= 0.6 is 0 Å². The molecule has 0 spiro atoms. The molecule has 0 aromatic carbocycles. The predicted molar refractivity (Wildman–Crippen MR) is 86.3 cm³/mol. The van der Waals surface area contributed by atoms with Crippen molar-refractivity contribution >= 4 is 0 Å². The Hall–Kier alpha value is -0.150. The summed E-state index contributed by atoms with van der Waals surface area (Å²) in [6.07, 6.45) is 11.3. The number of aliphatic hydroxyl groups excluding tert-OH is 2. The molecule has 0 unspecified atom stereocenters. The minimum absolute atomic E-state index is 0.0911. The van der Waals surface area contributed by atoms with Gasteiger partial charge in [-0.1, -0.05) is 0 Å². The number of hydrogen-bond acceptors (Lipinski definition) is 2. The molecule has 3 fully saturated rings. The number of aliphatic hydroxyl groups is 2. The van der Waals surface area contributed by atoms with Crippen LogP contribution in [-0.2, 0) is 0 Å². The summed E-state index contributed by atoms with van der Waals surface area (Å²) in [4.78, 5) is 0. The van der Waals surface area contributed by atoms with E-state index in [0.717, 1.165) is 88.9 Å². The molecule has 22 heavy (non-hydrogen) atoms. The maximum absolute atomic E-state index is 13.5. The molecular formula is C19H33FO2. The van der Waals surface area contributed by atoms with Crippen LogP contribution in [0, 0.1) is 23.7 Å². The lowest BCUT2D eigenvalue weighted by atomic mass is 9.61. The molecule has 0 heterocycles. The first kappa shape index (κ1) is 16.7. The average molecular weight is 312 g/mol. The SMILES string of the molecule is OC1CCC(C(C2CCC(O)CC2)C2CCC(F)CC2)CC1. The van der Waals surface area contributed by atoms with E-state index in [9.17, 15) is 14.6 Å². The summed E-state index contributed by atoms with van der Waals surface area (Å²) < 4.78 is 13.5. The Morgan fingerprint density at radius 1 is 0.545 bits per heavy atom. The van der Waals surface area contributed by atoms with Gasteiger partial charge in [-0.2, -0.15) is 0 Å². The topological polar surface area (TPSA) is 40.5 Å². The van der Waals surface area contributed by atoms with Crippen LogP contribution in [0.4, 0.5) is 4.39 Å². The van der Waals surface area contributed by atoms with Crippen LogP contribution in [0.3, 0.4) is 0 Å². The zero-order valence-electron chi connectivity index (χ0n) is 13.8. The second-order valence-corrected chi connectivity index (χ2v) is 8.23. The fraction of sp³-hybridized carbons (Fsp3) is 1.00. The minimum atomic E-state index is -0.571. The highest BCUT2D eigenvalue weighted by molar-refractivity contribution is 4.90. The van der Waals surface area contributed by atoms with Gasteiger partial charge in [0, 0.05) is 0 Å². The highest BCUT2D eigenvalue weighted by atomic mass is 19.1. The second kappa shape index (κ2) is 7.61. The van der Waals surface area contributed by atoms with Crippen molar-refractivity contribution in [2.24, 2.45) is 23.7 Å². The van der Waals surface area contributed by atoms with Gasteiger partial charge in [0.25, 0.3) is 0 Å². The average Bonchev–Trinajstić information content (AvgIpc) is 2.53. The van der Waals surface area contributed by atoms with Gasteiger partial charge < -0.3 is 10.2 Å². The first-order valence-electron chi connectivity index (χ1n) is 9.63. The van der Waals surface area contributed by atoms with E-state index >= 15 is 0 Å². The molecule has 0 radical (unpaired) electrons. The predicted octanol–water partition coefficient (Wildman–Crippen LogP) is 4.23. The lowest BCUT2D eigenvalue weighted by Crippen LogP contribution is -2.38. The third-order valence-electron chi connectivity index (χ3n) is 6.82. The van der Waals surface area contributed by atoms with E-state index in [1.54, 1.807) is 0 Å². The zero-order chi connectivity index (χ0) is 15.5. The molecule has 3 rings (SSSR count). The Bertz CT molecular complexity index is 272. The third-order valence-corrected chi connectivity index (χ3v) is 6.82. The third kappa shape index (κ3) is 4.03. The standard InChI is InChI=1S/C19H33FO2/c20-16-7-1-13(2-8-16)19(14-3-9-17(21)10-4-14)15-5-11-18(22)12-6-15/h13-19,21-22H,1-12H2. The molecule has 2 N–H and O–H groups in total. The van der Waals surface area contributed by atoms with Crippen molar-refractivity contribution in [1.82, 2.24) is 0 Å². The van der Waals surface area contributed by atoms with E-state index in [4.69, 9.17) is 0 Å². The first-order valence-corrected chi connectivity index (χ1v) is 9.63. The van der Waals surface area contributed by atoms with Crippen LogP contribution in [-0.4, -0.2) is 28.6 Å². The lowest BCUT2D eigenvalue weighted by molar-refractivity contribution is 0.00782. The van der Waals surface area contributed by atoms with Crippen LogP contribution in [0.15, 0.2) is 0 Å². The molecule has 128 valence electrons. The molecule has 0 amide bonds. The lowest BCUT2D eigenvalue weighted by Gasteiger charge is -2.45. The summed E-state index contributed by atoms with van der Waals surface area (Å²) in [6.45, 7) is 0. The monoisotopic (exact) mass is 312 g/mol. The Morgan fingerprint density at radius 3 is 1.23 bits per heavy atom. The van der Waals surface area contributed by atoms with E-state index in [0.29, 0.717) is 11.8 Å². The highest BCUT2D eigenvalue weighted by Crippen LogP contribution is 2.47. The normalized spacial score (nSPS) is 45.4. The van der Waals surface area contributed by atoms with Gasteiger partial charge in [-0.25, -0.2) is 4.39 Å². The minimum Gasteiger partial charge on any atom is -0.393 e. The molecule has 0 aliphatic heterocycles. The zero-order valence-corrected chi connectivity index (χ0v) is 13.8. The van der Waals surface area contributed by atoms with Gasteiger partial charge in [-0.05, 0) is 101 Å². The number of alkyl halides is 1. The maximum Gasteiger partial charge on any atom is 0.100 e. The van der Waals surface area contributed by atoms with Crippen LogP contribution < -0.4 is 0 Å². The molecule has 3 aliphatic rings. The summed E-state index contributed by atoms with van der Waals surface area (Å²) in [5.41, 5.74) is 0. The molecule has 2 nitrogen and oxygen atoms in total. The Kier molecular flexibility index (Phi) is 5.78. The Labute approximate surface area is 134 Å². The summed E-state index contributed by atoms with van der Waals surface area (Å²) >= 11 is 0. The quantitative estimate of drug-likeness (QED) is 0.818. The molecule has 0 atom stereocenters. The summed E-state index contributed by atoms with van der Waals surface area (Å²) in [5, 5.41) is 19.6. The van der Waals surface area contributed by atoms with Gasteiger partial charge in [0.2, 0.25) is 0 Å². The summed E-state index contributed by atoms with van der Waals surface area (Å²) in [7, 11) is 0. The molecule has 0 aromatic rings. The van der Waals surface area contributed by atoms with E-state index < -0.39 is 6.17 Å². The van der Waals surface area contributed by atoms with Crippen LogP contribution in [0.25, 0.3) is 0 Å².